The van der Waals surface area contributed by atoms with E-state index < -0.39 is 35.9 Å². The summed E-state index contributed by atoms with van der Waals surface area (Å²) in [5.74, 6) is -2.11. The lowest BCUT2D eigenvalue weighted by molar-refractivity contribution is -0.140. The van der Waals surface area contributed by atoms with Gasteiger partial charge in [-0.05, 0) is 20.3 Å². The van der Waals surface area contributed by atoms with Crippen molar-refractivity contribution in [3.05, 3.63) is 0 Å². The largest absolute Gasteiger partial charge is 0.480 e. The molecule has 0 aromatic rings. The molecule has 3 amide bonds. The maximum Gasteiger partial charge on any atom is 0.326 e. The van der Waals surface area contributed by atoms with Crippen molar-refractivity contribution in [1.82, 2.24) is 10.6 Å². The SMILES string of the molecule is CC1OCCC1(C)NC(=O)N[C@H](CC(N)=O)C(=O)O. The highest BCUT2D eigenvalue weighted by Crippen LogP contribution is 2.24. The van der Waals surface area contributed by atoms with Gasteiger partial charge in [0, 0.05) is 6.61 Å². The Morgan fingerprint density at radius 1 is 1.53 bits per heavy atom. The molecule has 0 bridgehead atoms. The molecule has 0 aromatic carbocycles. The van der Waals surface area contributed by atoms with Gasteiger partial charge in [-0.2, -0.15) is 0 Å². The molecule has 2 unspecified atom stereocenters. The van der Waals surface area contributed by atoms with E-state index in [1.807, 2.05) is 13.8 Å². The van der Waals surface area contributed by atoms with Crippen molar-refractivity contribution >= 4 is 17.9 Å². The van der Waals surface area contributed by atoms with Crippen LogP contribution in [-0.2, 0) is 14.3 Å². The molecule has 0 spiro atoms. The standard InChI is InChI=1S/C11H19N3O5/c1-6-11(2,3-4-19-6)14-10(18)13-7(9(16)17)5-8(12)15/h6-7H,3-5H2,1-2H3,(H2,12,15)(H,16,17)(H2,13,14,18)/t6?,7-,11?/m1/s1. The van der Waals surface area contributed by atoms with E-state index in [0.717, 1.165) is 0 Å². The fourth-order valence-electron chi connectivity index (χ4n) is 1.85. The molecule has 0 aliphatic carbocycles. The first-order valence-corrected chi connectivity index (χ1v) is 5.96. The highest BCUT2D eigenvalue weighted by atomic mass is 16.5. The van der Waals surface area contributed by atoms with Gasteiger partial charge in [-0.15, -0.1) is 0 Å². The molecular formula is C11H19N3O5. The van der Waals surface area contributed by atoms with Crippen molar-refractivity contribution in [1.29, 1.82) is 0 Å². The average Bonchev–Trinajstić information content (AvgIpc) is 2.57. The Morgan fingerprint density at radius 3 is 2.58 bits per heavy atom. The number of amides is 3. The summed E-state index contributed by atoms with van der Waals surface area (Å²) < 4.78 is 5.35. The maximum atomic E-state index is 11.8. The summed E-state index contributed by atoms with van der Waals surface area (Å²) in [4.78, 5) is 33.4. The molecule has 1 rings (SSSR count). The van der Waals surface area contributed by atoms with Crippen molar-refractivity contribution in [2.45, 2.75) is 44.4 Å². The van der Waals surface area contributed by atoms with E-state index in [2.05, 4.69) is 10.6 Å². The predicted octanol–water partition coefficient (Wildman–Crippen LogP) is -0.818. The maximum absolute atomic E-state index is 11.8. The zero-order valence-corrected chi connectivity index (χ0v) is 10.9. The van der Waals surface area contributed by atoms with Crippen LogP contribution >= 0.6 is 0 Å². The highest BCUT2D eigenvalue weighted by molar-refractivity contribution is 5.87. The minimum atomic E-state index is -1.33. The number of hydrogen-bond acceptors (Lipinski definition) is 4. The lowest BCUT2D eigenvalue weighted by Gasteiger charge is -2.29. The first-order valence-electron chi connectivity index (χ1n) is 5.96. The highest BCUT2D eigenvalue weighted by Gasteiger charge is 2.38. The van der Waals surface area contributed by atoms with Gasteiger partial charge in [0.15, 0.2) is 0 Å². The predicted molar refractivity (Wildman–Crippen MR) is 65.3 cm³/mol. The summed E-state index contributed by atoms with van der Waals surface area (Å²) >= 11 is 0. The molecule has 8 heteroatoms. The summed E-state index contributed by atoms with van der Waals surface area (Å²) in [5, 5.41) is 13.8. The number of carbonyl (C=O) groups excluding carboxylic acids is 2. The Kier molecular flexibility index (Phi) is 4.71. The van der Waals surface area contributed by atoms with Crippen LogP contribution in [0.2, 0.25) is 0 Å². The molecule has 5 N–H and O–H groups in total. The zero-order valence-electron chi connectivity index (χ0n) is 10.9. The van der Waals surface area contributed by atoms with Crippen LogP contribution in [0.1, 0.15) is 26.7 Å². The molecule has 0 radical (unpaired) electrons. The smallest absolute Gasteiger partial charge is 0.326 e. The Hall–Kier alpha value is -1.83. The molecule has 1 heterocycles. The number of carbonyl (C=O) groups is 3. The third-order valence-electron chi connectivity index (χ3n) is 3.29. The van der Waals surface area contributed by atoms with Crippen LogP contribution in [0.3, 0.4) is 0 Å². The molecule has 108 valence electrons. The second-order valence-electron chi connectivity index (χ2n) is 4.84. The van der Waals surface area contributed by atoms with Gasteiger partial charge in [-0.25, -0.2) is 9.59 Å². The minimum Gasteiger partial charge on any atom is -0.480 e. The first-order chi connectivity index (χ1) is 8.74. The zero-order chi connectivity index (χ0) is 14.6. The second-order valence-corrected chi connectivity index (χ2v) is 4.84. The fraction of sp³-hybridized carbons (Fsp3) is 0.727. The number of aliphatic carboxylic acids is 1. The average molecular weight is 273 g/mol. The Balaban J connectivity index is 2.58. The van der Waals surface area contributed by atoms with Gasteiger partial charge in [0.2, 0.25) is 5.91 Å². The fourth-order valence-corrected chi connectivity index (χ4v) is 1.85. The molecule has 8 nitrogen and oxygen atoms in total. The summed E-state index contributed by atoms with van der Waals surface area (Å²) in [7, 11) is 0. The number of rotatable bonds is 5. The number of hydrogen-bond donors (Lipinski definition) is 4. The van der Waals surface area contributed by atoms with E-state index in [1.165, 1.54) is 0 Å². The third kappa shape index (κ3) is 4.09. The summed E-state index contributed by atoms with van der Waals surface area (Å²) in [6.45, 7) is 4.17. The minimum absolute atomic E-state index is 0.169. The molecule has 1 fully saturated rings. The second kappa shape index (κ2) is 5.87. The van der Waals surface area contributed by atoms with Crippen LogP contribution in [0.15, 0.2) is 0 Å². The number of ether oxygens (including phenoxy) is 1. The van der Waals surface area contributed by atoms with Gasteiger partial charge < -0.3 is 26.2 Å². The number of nitrogens with one attached hydrogen (secondary N) is 2. The van der Waals surface area contributed by atoms with Gasteiger partial charge in [-0.1, -0.05) is 0 Å². The van der Waals surface area contributed by atoms with E-state index in [9.17, 15) is 14.4 Å². The first kappa shape index (κ1) is 15.2. The van der Waals surface area contributed by atoms with Gasteiger partial charge in [0.25, 0.3) is 0 Å². The van der Waals surface area contributed by atoms with Crippen LogP contribution < -0.4 is 16.4 Å². The third-order valence-corrected chi connectivity index (χ3v) is 3.29. The van der Waals surface area contributed by atoms with E-state index in [4.69, 9.17) is 15.6 Å². The monoisotopic (exact) mass is 273 g/mol. The summed E-state index contributed by atoms with van der Waals surface area (Å²) in [6, 6.07) is -1.99. The summed E-state index contributed by atoms with van der Waals surface area (Å²) in [5.41, 5.74) is 4.37. The quantitative estimate of drug-likeness (QED) is 0.520. The molecule has 3 atom stereocenters. The van der Waals surface area contributed by atoms with Crippen LogP contribution in [-0.4, -0.2) is 47.3 Å². The number of urea groups is 1. The van der Waals surface area contributed by atoms with Crippen LogP contribution in [0.25, 0.3) is 0 Å². The number of nitrogens with two attached hydrogens (primary N) is 1. The van der Waals surface area contributed by atoms with Crippen LogP contribution in [0, 0.1) is 0 Å². The molecule has 19 heavy (non-hydrogen) atoms. The summed E-state index contributed by atoms with van der Waals surface area (Å²) in [6.07, 6.45) is 0.0124. The van der Waals surface area contributed by atoms with E-state index in [0.29, 0.717) is 13.0 Å². The number of carboxylic acid groups (broad SMARTS) is 1. The van der Waals surface area contributed by atoms with E-state index in [-0.39, 0.29) is 6.10 Å². The molecule has 1 aliphatic rings. The Bertz CT molecular complexity index is 387. The van der Waals surface area contributed by atoms with E-state index >= 15 is 0 Å². The topological polar surface area (TPSA) is 131 Å². The number of primary amides is 1. The van der Waals surface area contributed by atoms with Gasteiger partial charge in [-0.3, -0.25) is 4.79 Å². The van der Waals surface area contributed by atoms with Gasteiger partial charge >= 0.3 is 12.0 Å². The Morgan fingerprint density at radius 2 is 2.16 bits per heavy atom. The van der Waals surface area contributed by atoms with E-state index in [1.54, 1.807) is 0 Å². The number of carboxylic acids is 1. The molecule has 1 aliphatic heterocycles. The van der Waals surface area contributed by atoms with Crippen LogP contribution in [0.5, 0.6) is 0 Å². The van der Waals surface area contributed by atoms with Crippen molar-refractivity contribution in [2.75, 3.05) is 6.61 Å². The molecule has 0 saturated carbocycles. The van der Waals surface area contributed by atoms with Crippen molar-refractivity contribution in [2.24, 2.45) is 5.73 Å². The van der Waals surface area contributed by atoms with Crippen molar-refractivity contribution in [3.63, 3.8) is 0 Å². The van der Waals surface area contributed by atoms with Crippen molar-refractivity contribution < 1.29 is 24.2 Å². The normalized spacial score (nSPS) is 27.6. The lowest BCUT2D eigenvalue weighted by Crippen LogP contribution is -2.57. The molecular weight excluding hydrogens is 254 g/mol. The molecule has 0 aromatic heterocycles. The van der Waals surface area contributed by atoms with Crippen molar-refractivity contribution in [3.8, 4) is 0 Å². The van der Waals surface area contributed by atoms with Gasteiger partial charge in [0.1, 0.15) is 6.04 Å². The van der Waals surface area contributed by atoms with Gasteiger partial charge in [0.05, 0.1) is 18.1 Å². The Labute approximate surface area is 110 Å². The van der Waals surface area contributed by atoms with Crippen LogP contribution in [0.4, 0.5) is 4.79 Å². The lowest BCUT2D eigenvalue weighted by atomic mass is 9.95. The molecule has 1 saturated heterocycles.